The fourth-order valence-corrected chi connectivity index (χ4v) is 6.52. The van der Waals surface area contributed by atoms with Gasteiger partial charge >= 0.3 is 0 Å². The zero-order valence-corrected chi connectivity index (χ0v) is 20.5. The van der Waals surface area contributed by atoms with Crippen LogP contribution in [0.3, 0.4) is 0 Å². The highest BCUT2D eigenvalue weighted by molar-refractivity contribution is 7.99. The number of thioether (sulfide) groups is 1. The van der Waals surface area contributed by atoms with E-state index in [0.717, 1.165) is 38.5 Å². The van der Waals surface area contributed by atoms with Crippen molar-refractivity contribution < 1.29 is 9.59 Å². The second-order valence-electron chi connectivity index (χ2n) is 7.86. The van der Waals surface area contributed by atoms with Gasteiger partial charge in [-0.05, 0) is 31.5 Å². The Hall–Kier alpha value is -2.82. The molecule has 1 aliphatic rings. The summed E-state index contributed by atoms with van der Waals surface area (Å²) in [6.45, 7) is 4.33. The van der Waals surface area contributed by atoms with Gasteiger partial charge in [0.25, 0.3) is 11.8 Å². The van der Waals surface area contributed by atoms with Crippen LogP contribution in [0.5, 0.6) is 0 Å². The molecule has 10 heteroatoms. The molecule has 3 heterocycles. The van der Waals surface area contributed by atoms with Crippen LogP contribution < -0.4 is 5.32 Å². The number of fused-ring (bicyclic) bond motifs is 1. The normalized spacial score (nSPS) is 15.8. The second-order valence-corrected chi connectivity index (χ2v) is 10.6. The molecule has 2 aromatic carbocycles. The fraction of sp³-hybridized carbons (Fsp3) is 0.261. The first kappa shape index (κ1) is 22.0. The lowest BCUT2D eigenvalue weighted by atomic mass is 10.1. The molecule has 168 valence electrons. The molecule has 0 unspecified atom stereocenters. The Morgan fingerprint density at radius 2 is 2.00 bits per heavy atom. The van der Waals surface area contributed by atoms with Crippen molar-refractivity contribution in [1.29, 1.82) is 0 Å². The van der Waals surface area contributed by atoms with E-state index in [0.29, 0.717) is 34.7 Å². The minimum Gasteiger partial charge on any atom is -0.350 e. The minimum absolute atomic E-state index is 0.0918. The van der Waals surface area contributed by atoms with Crippen LogP contribution in [0.2, 0.25) is 0 Å². The lowest BCUT2D eigenvalue weighted by Crippen LogP contribution is -2.44. The SMILES string of the molecule is Cc1cccc(-c2sc(C)nc2C(=O)N2CSC[C@H]2CNC(=O)c2cccc3nsnc23)c1. The molecule has 1 aliphatic heterocycles. The summed E-state index contributed by atoms with van der Waals surface area (Å²) >= 11 is 4.31. The van der Waals surface area contributed by atoms with E-state index in [1.807, 2.05) is 43.0 Å². The Kier molecular flexibility index (Phi) is 6.13. The predicted molar refractivity (Wildman–Crippen MR) is 134 cm³/mol. The summed E-state index contributed by atoms with van der Waals surface area (Å²) in [6, 6.07) is 13.4. The van der Waals surface area contributed by atoms with Crippen LogP contribution >= 0.6 is 34.8 Å². The predicted octanol–water partition coefficient (Wildman–Crippen LogP) is 4.38. The summed E-state index contributed by atoms with van der Waals surface area (Å²) in [5, 5.41) is 3.85. The van der Waals surface area contributed by atoms with Gasteiger partial charge in [-0.25, -0.2) is 4.98 Å². The molecular formula is C23H21N5O2S3. The van der Waals surface area contributed by atoms with E-state index in [9.17, 15) is 9.59 Å². The van der Waals surface area contributed by atoms with E-state index in [1.54, 1.807) is 23.9 Å². The molecule has 1 atom stereocenters. The molecule has 1 saturated heterocycles. The number of benzene rings is 2. The molecule has 0 saturated carbocycles. The van der Waals surface area contributed by atoms with Crippen LogP contribution in [0.25, 0.3) is 21.5 Å². The van der Waals surface area contributed by atoms with Gasteiger partial charge in [0.2, 0.25) is 0 Å². The lowest BCUT2D eigenvalue weighted by molar-refractivity contribution is 0.0732. The summed E-state index contributed by atoms with van der Waals surface area (Å²) in [5.74, 6) is 1.04. The Balaban J connectivity index is 1.34. The van der Waals surface area contributed by atoms with Crippen molar-refractivity contribution >= 4 is 57.7 Å². The molecule has 5 rings (SSSR count). The molecule has 4 aromatic rings. The lowest BCUT2D eigenvalue weighted by Gasteiger charge is -2.24. The third-order valence-electron chi connectivity index (χ3n) is 5.49. The number of nitrogens with one attached hydrogen (secondary N) is 1. The molecule has 0 spiro atoms. The van der Waals surface area contributed by atoms with Gasteiger partial charge in [-0.2, -0.15) is 8.75 Å². The average Bonchev–Trinajstić information content (AvgIpc) is 3.55. The van der Waals surface area contributed by atoms with Crippen LogP contribution in [-0.4, -0.2) is 54.7 Å². The molecule has 1 fully saturated rings. The van der Waals surface area contributed by atoms with E-state index in [1.165, 1.54) is 11.3 Å². The molecule has 0 bridgehead atoms. The Morgan fingerprint density at radius 3 is 2.85 bits per heavy atom. The van der Waals surface area contributed by atoms with Gasteiger partial charge in [0, 0.05) is 12.3 Å². The standard InChI is InChI=1S/C23H21N5O2S3/c1-13-5-3-6-15(9-13)21-20(25-14(2)32-21)23(30)28-12-31-11-16(28)10-24-22(29)17-7-4-8-18-19(17)27-33-26-18/h3-9,16H,10-12H2,1-2H3,(H,24,29)/t16-/m1/s1. The van der Waals surface area contributed by atoms with Crippen LogP contribution in [-0.2, 0) is 0 Å². The first-order chi connectivity index (χ1) is 16.0. The molecule has 0 radical (unpaired) electrons. The maximum Gasteiger partial charge on any atom is 0.275 e. The zero-order valence-electron chi connectivity index (χ0n) is 18.1. The molecule has 33 heavy (non-hydrogen) atoms. The number of hydrogen-bond acceptors (Lipinski definition) is 8. The maximum atomic E-state index is 13.5. The van der Waals surface area contributed by atoms with Crippen molar-refractivity contribution in [3.8, 4) is 10.4 Å². The smallest absolute Gasteiger partial charge is 0.275 e. The summed E-state index contributed by atoms with van der Waals surface area (Å²) in [7, 11) is 0. The van der Waals surface area contributed by atoms with Crippen molar-refractivity contribution in [2.75, 3.05) is 18.2 Å². The average molecular weight is 496 g/mol. The number of carbonyl (C=O) groups excluding carboxylic acids is 2. The molecule has 7 nitrogen and oxygen atoms in total. The Labute approximate surface area is 203 Å². The van der Waals surface area contributed by atoms with Crippen molar-refractivity contribution in [3.05, 3.63) is 64.3 Å². The zero-order chi connectivity index (χ0) is 22.9. The third-order valence-corrected chi connectivity index (χ3v) is 8.13. The monoisotopic (exact) mass is 495 g/mol. The molecule has 0 aliphatic carbocycles. The number of amides is 2. The van der Waals surface area contributed by atoms with Gasteiger partial charge < -0.3 is 10.2 Å². The third kappa shape index (κ3) is 4.38. The van der Waals surface area contributed by atoms with Gasteiger partial charge in [0.05, 0.1) is 39.1 Å². The number of hydrogen-bond donors (Lipinski definition) is 1. The van der Waals surface area contributed by atoms with Crippen molar-refractivity contribution in [3.63, 3.8) is 0 Å². The molecular weight excluding hydrogens is 474 g/mol. The quantitative estimate of drug-likeness (QED) is 0.442. The van der Waals surface area contributed by atoms with E-state index >= 15 is 0 Å². The summed E-state index contributed by atoms with van der Waals surface area (Å²) in [4.78, 5) is 33.7. The molecule has 1 N–H and O–H groups in total. The first-order valence-electron chi connectivity index (χ1n) is 10.4. The van der Waals surface area contributed by atoms with Gasteiger partial charge in [-0.1, -0.05) is 35.9 Å². The fourth-order valence-electron chi connectivity index (χ4n) is 3.86. The second kappa shape index (κ2) is 9.20. The Bertz CT molecular complexity index is 1350. The molecule has 2 aromatic heterocycles. The van der Waals surface area contributed by atoms with E-state index < -0.39 is 0 Å². The van der Waals surface area contributed by atoms with Gasteiger partial charge in [-0.3, -0.25) is 9.59 Å². The van der Waals surface area contributed by atoms with Gasteiger partial charge in [-0.15, -0.1) is 23.1 Å². The van der Waals surface area contributed by atoms with Crippen molar-refractivity contribution in [2.24, 2.45) is 0 Å². The largest absolute Gasteiger partial charge is 0.350 e. The van der Waals surface area contributed by atoms with Crippen LogP contribution in [0.1, 0.15) is 31.4 Å². The molecule has 2 amide bonds. The Morgan fingerprint density at radius 1 is 1.15 bits per heavy atom. The number of nitrogens with zero attached hydrogens (tertiary/aromatic N) is 4. The van der Waals surface area contributed by atoms with Crippen LogP contribution in [0.4, 0.5) is 0 Å². The number of aromatic nitrogens is 3. The summed E-state index contributed by atoms with van der Waals surface area (Å²) in [6.07, 6.45) is 0. The van der Waals surface area contributed by atoms with Gasteiger partial charge in [0.15, 0.2) is 0 Å². The van der Waals surface area contributed by atoms with Crippen LogP contribution in [0, 0.1) is 13.8 Å². The number of aryl methyl sites for hydroxylation is 2. The summed E-state index contributed by atoms with van der Waals surface area (Å²) < 4.78 is 8.44. The highest BCUT2D eigenvalue weighted by Crippen LogP contribution is 2.33. The van der Waals surface area contributed by atoms with Gasteiger partial charge in [0.1, 0.15) is 16.7 Å². The first-order valence-corrected chi connectivity index (χ1v) is 13.1. The van der Waals surface area contributed by atoms with Crippen LogP contribution in [0.15, 0.2) is 42.5 Å². The minimum atomic E-state index is -0.206. The van der Waals surface area contributed by atoms with Crippen molar-refractivity contribution in [1.82, 2.24) is 23.9 Å². The summed E-state index contributed by atoms with van der Waals surface area (Å²) in [5.41, 5.74) is 4.45. The highest BCUT2D eigenvalue weighted by atomic mass is 32.2. The van der Waals surface area contributed by atoms with E-state index in [4.69, 9.17) is 0 Å². The van der Waals surface area contributed by atoms with E-state index in [-0.39, 0.29) is 17.9 Å². The number of thiazole rings is 1. The van der Waals surface area contributed by atoms with E-state index in [2.05, 4.69) is 25.1 Å². The highest BCUT2D eigenvalue weighted by Gasteiger charge is 2.33. The topological polar surface area (TPSA) is 88.1 Å². The van der Waals surface area contributed by atoms with Crippen molar-refractivity contribution in [2.45, 2.75) is 19.9 Å². The number of carbonyl (C=O) groups is 2. The maximum absolute atomic E-state index is 13.5. The number of rotatable bonds is 5.